The van der Waals surface area contributed by atoms with Crippen molar-refractivity contribution in [1.82, 2.24) is 19.9 Å². The third-order valence-electron chi connectivity index (χ3n) is 16.3. The number of nitrogens with zero attached hydrogens (tertiary/aromatic N) is 4. The zero-order chi connectivity index (χ0) is 41.0. The number of fused-ring (bicyclic) bond motifs is 6. The van der Waals surface area contributed by atoms with Crippen LogP contribution in [0.1, 0.15) is 91.0 Å². The van der Waals surface area contributed by atoms with Gasteiger partial charge in [0.15, 0.2) is 12.5 Å². The number of aliphatic hydroxyl groups is 8. The normalized spacial score (nSPS) is 50.7. The van der Waals surface area contributed by atoms with Crippen molar-refractivity contribution >= 4 is 0 Å². The second-order valence-electron chi connectivity index (χ2n) is 19.4. The summed E-state index contributed by atoms with van der Waals surface area (Å²) < 4.78 is 25.9. The molecule has 324 valence electrons. The molecule has 9 rings (SSSR count). The van der Waals surface area contributed by atoms with Crippen LogP contribution in [0, 0.1) is 35.0 Å². The molecular weight excluding hydrogens is 752 g/mol. The first-order valence-corrected chi connectivity index (χ1v) is 21.7. The van der Waals surface area contributed by atoms with Gasteiger partial charge >= 0.3 is 0 Å². The molecule has 0 unspecified atom stereocenters. The van der Waals surface area contributed by atoms with Crippen LogP contribution in [0.25, 0.3) is 0 Å². The zero-order valence-electron chi connectivity index (χ0n) is 34.0. The number of hydrogen-bond donors (Lipinski definition) is 8. The van der Waals surface area contributed by atoms with E-state index in [0.717, 1.165) is 57.9 Å². The third kappa shape index (κ3) is 6.51. The molecular formula is C42H64N4O12. The van der Waals surface area contributed by atoms with Crippen molar-refractivity contribution in [1.29, 1.82) is 0 Å². The molecule has 8 aliphatic rings. The van der Waals surface area contributed by atoms with Crippen molar-refractivity contribution in [3.05, 3.63) is 34.7 Å². The second kappa shape index (κ2) is 15.5. The predicted octanol–water partition coefficient (Wildman–Crippen LogP) is 0.303. The molecule has 0 bridgehead atoms. The minimum Gasteiger partial charge on any atom is -0.394 e. The van der Waals surface area contributed by atoms with Gasteiger partial charge < -0.3 is 59.8 Å². The topological polar surface area (TPSA) is 233 Å². The standard InChI is InChI=1S/C42H64N4O12/c1-19-11-29-32(21(3)42(58-29)10-8-25-26-6-5-22-12-24(49)7-9-41(22,4)28(26)13-27(25)20(42)2)45(14-19)15-23-16-46(44-43-23)39-36(53)35(52)38(31(18-48)55-39)57-40-37(54)34(51)33(50)30(17-47)56-40/h5,16,19,21,24-26,28-40,47-54H,6-15,17-18H2,1-4H3/t19-,21+,24-,25-,26-,28-,29+,30+,31+,32-,33+,34-,35+,36+,37+,38-,39+,40+,41-,42-/m0/s1. The van der Waals surface area contributed by atoms with E-state index in [1.165, 1.54) is 15.8 Å². The Hall–Kier alpha value is -1.90. The van der Waals surface area contributed by atoms with E-state index in [4.69, 9.17) is 18.9 Å². The molecule has 0 amide bonds. The summed E-state index contributed by atoms with van der Waals surface area (Å²) in [4.78, 5) is 2.48. The molecule has 1 aromatic heterocycles. The van der Waals surface area contributed by atoms with Crippen molar-refractivity contribution in [2.24, 2.45) is 35.0 Å². The third-order valence-corrected chi connectivity index (χ3v) is 16.3. The highest BCUT2D eigenvalue weighted by molar-refractivity contribution is 5.38. The summed E-state index contributed by atoms with van der Waals surface area (Å²) in [5.74, 6) is 2.51. The van der Waals surface area contributed by atoms with Crippen LogP contribution in [0.5, 0.6) is 0 Å². The summed E-state index contributed by atoms with van der Waals surface area (Å²) in [6, 6.07) is 0.167. The Morgan fingerprint density at radius 2 is 1.69 bits per heavy atom. The van der Waals surface area contributed by atoms with E-state index in [-0.39, 0.29) is 35.2 Å². The van der Waals surface area contributed by atoms with E-state index >= 15 is 0 Å². The van der Waals surface area contributed by atoms with Crippen molar-refractivity contribution in [3.8, 4) is 0 Å². The van der Waals surface area contributed by atoms with Gasteiger partial charge in [-0.1, -0.05) is 43.2 Å². The van der Waals surface area contributed by atoms with E-state index in [9.17, 15) is 40.9 Å². The molecule has 0 radical (unpaired) electrons. The van der Waals surface area contributed by atoms with Gasteiger partial charge in [-0.3, -0.25) is 4.90 Å². The Kier molecular flexibility index (Phi) is 11.1. The van der Waals surface area contributed by atoms with Gasteiger partial charge in [-0.25, -0.2) is 4.68 Å². The molecule has 4 aliphatic carbocycles. The SMILES string of the molecule is CC1=C2C[C@H]3[C@@H](CC=C4C[C@@H](O)CC[C@@]43C)[C@@H]2CC[C@]12O[C@@H]1C[C@H](C)CN(Cc3cn([C@@H]4O[C@H](CO)[C@H](O[C@H]5O[C@H](CO)[C@@H](O)[C@H](O)[C@H]5O)[C@H](O)[C@H]4O)nn3)[C@H]1[C@H]2C. The van der Waals surface area contributed by atoms with Gasteiger partial charge in [-0.15, -0.1) is 5.10 Å². The van der Waals surface area contributed by atoms with E-state index in [1.54, 1.807) is 11.8 Å². The first-order chi connectivity index (χ1) is 27.7. The number of hydrogen-bond acceptors (Lipinski definition) is 15. The van der Waals surface area contributed by atoms with Gasteiger partial charge in [0.05, 0.1) is 42.9 Å². The molecule has 16 nitrogen and oxygen atoms in total. The number of allylic oxidation sites excluding steroid dienone is 2. The minimum absolute atomic E-state index is 0.0692. The molecule has 8 N–H and O–H groups in total. The number of aromatic nitrogens is 3. The molecule has 5 heterocycles. The Labute approximate surface area is 339 Å². The number of likely N-dealkylation sites (tertiary alicyclic amines) is 1. The number of aliphatic hydroxyl groups excluding tert-OH is 8. The number of rotatable bonds is 7. The smallest absolute Gasteiger partial charge is 0.187 e. The maximum atomic E-state index is 11.3. The number of ether oxygens (including phenoxy) is 4. The van der Waals surface area contributed by atoms with Crippen LogP contribution >= 0.6 is 0 Å². The monoisotopic (exact) mass is 816 g/mol. The maximum Gasteiger partial charge on any atom is 0.187 e. The van der Waals surface area contributed by atoms with Gasteiger partial charge in [0.2, 0.25) is 0 Å². The van der Waals surface area contributed by atoms with Crippen LogP contribution in [0.3, 0.4) is 0 Å². The van der Waals surface area contributed by atoms with E-state index in [2.05, 4.69) is 49.0 Å². The lowest BCUT2D eigenvalue weighted by Crippen LogP contribution is -2.63. The molecule has 4 aliphatic heterocycles. The molecule has 58 heavy (non-hydrogen) atoms. The highest BCUT2D eigenvalue weighted by Crippen LogP contribution is 2.65. The lowest BCUT2D eigenvalue weighted by molar-refractivity contribution is -0.347. The van der Waals surface area contributed by atoms with Gasteiger partial charge in [0, 0.05) is 25.0 Å². The number of piperidine rings is 1. The summed E-state index contributed by atoms with van der Waals surface area (Å²) in [5, 5.41) is 92.4. The second-order valence-corrected chi connectivity index (χ2v) is 19.4. The first kappa shape index (κ1) is 41.5. The summed E-state index contributed by atoms with van der Waals surface area (Å²) in [6.45, 7) is 9.50. The molecule has 20 atom stereocenters. The van der Waals surface area contributed by atoms with E-state index in [0.29, 0.717) is 35.9 Å². The first-order valence-electron chi connectivity index (χ1n) is 21.7. The van der Waals surface area contributed by atoms with Crippen LogP contribution in [0.4, 0.5) is 0 Å². The maximum absolute atomic E-state index is 11.3. The Balaban J connectivity index is 0.899. The van der Waals surface area contributed by atoms with Gasteiger partial charge in [-0.05, 0) is 93.0 Å². The molecule has 16 heteroatoms. The summed E-state index contributed by atoms with van der Waals surface area (Å²) in [7, 11) is 0. The highest BCUT2D eigenvalue weighted by atomic mass is 16.7. The largest absolute Gasteiger partial charge is 0.394 e. The highest BCUT2D eigenvalue weighted by Gasteiger charge is 2.62. The van der Waals surface area contributed by atoms with Crippen LogP contribution < -0.4 is 0 Å². The molecule has 1 spiro atoms. The van der Waals surface area contributed by atoms with E-state index < -0.39 is 74.6 Å². The fourth-order valence-electron chi connectivity index (χ4n) is 13.2. The minimum atomic E-state index is -1.75. The van der Waals surface area contributed by atoms with E-state index in [1.807, 2.05) is 0 Å². The van der Waals surface area contributed by atoms with Crippen molar-refractivity contribution in [2.45, 2.75) is 171 Å². The Bertz CT molecular complexity index is 1740. The lowest BCUT2D eigenvalue weighted by Gasteiger charge is -2.49. The van der Waals surface area contributed by atoms with Gasteiger partial charge in [0.1, 0.15) is 48.8 Å². The predicted molar refractivity (Wildman–Crippen MR) is 204 cm³/mol. The van der Waals surface area contributed by atoms with Crippen molar-refractivity contribution in [3.63, 3.8) is 0 Å². The Morgan fingerprint density at radius 3 is 2.45 bits per heavy atom. The fraction of sp³-hybridized carbons (Fsp3) is 0.857. The van der Waals surface area contributed by atoms with Crippen LogP contribution in [-0.2, 0) is 25.5 Å². The van der Waals surface area contributed by atoms with Crippen LogP contribution in [0.2, 0.25) is 0 Å². The molecule has 0 aromatic carbocycles. The summed E-state index contributed by atoms with van der Waals surface area (Å²) in [5.41, 5.74) is 5.06. The average Bonchev–Trinajstić information content (AvgIpc) is 3.90. The molecule has 6 fully saturated rings. The summed E-state index contributed by atoms with van der Waals surface area (Å²) in [6.07, 6.45) is -2.86. The van der Waals surface area contributed by atoms with Crippen molar-refractivity contribution < 1.29 is 59.8 Å². The molecule has 4 saturated heterocycles. The Morgan fingerprint density at radius 1 is 0.914 bits per heavy atom. The lowest BCUT2D eigenvalue weighted by atomic mass is 9.56. The fourth-order valence-corrected chi connectivity index (χ4v) is 13.2. The van der Waals surface area contributed by atoms with Gasteiger partial charge in [0.25, 0.3) is 0 Å². The summed E-state index contributed by atoms with van der Waals surface area (Å²) >= 11 is 0. The molecule has 2 saturated carbocycles. The van der Waals surface area contributed by atoms with Crippen LogP contribution in [-0.4, -0.2) is 159 Å². The van der Waals surface area contributed by atoms with Crippen LogP contribution in [0.15, 0.2) is 29.0 Å². The zero-order valence-corrected chi connectivity index (χ0v) is 34.0. The van der Waals surface area contributed by atoms with Gasteiger partial charge in [-0.2, -0.15) is 0 Å². The average molecular weight is 817 g/mol. The molecule has 1 aromatic rings. The quantitative estimate of drug-likeness (QED) is 0.173. The van der Waals surface area contributed by atoms with Crippen molar-refractivity contribution in [2.75, 3.05) is 19.8 Å².